The number of rotatable bonds is 4. The number of hydrogen-bond acceptors (Lipinski definition) is 4. The van der Waals surface area contributed by atoms with E-state index >= 15 is 0 Å². The molecule has 3 fully saturated rings. The number of nitrogens with zero attached hydrogens (tertiary/aromatic N) is 3. The maximum atomic E-state index is 6.19. The second-order valence-electron chi connectivity index (χ2n) is 7.00. The fourth-order valence-corrected chi connectivity index (χ4v) is 3.91. The van der Waals surface area contributed by atoms with Crippen LogP contribution in [0.5, 0.6) is 0 Å². The van der Waals surface area contributed by atoms with Crippen molar-refractivity contribution in [3.8, 4) is 0 Å². The van der Waals surface area contributed by atoms with Gasteiger partial charge in [0, 0.05) is 63.4 Å². The summed E-state index contributed by atoms with van der Waals surface area (Å²) < 4.78 is 0. The van der Waals surface area contributed by atoms with Crippen molar-refractivity contribution in [1.29, 1.82) is 0 Å². The van der Waals surface area contributed by atoms with Crippen LogP contribution in [-0.4, -0.2) is 78.1 Å². The Balaban J connectivity index is 1.60. The predicted molar refractivity (Wildman–Crippen MR) is 79.3 cm³/mol. The second-order valence-corrected chi connectivity index (χ2v) is 7.00. The molecule has 3 aliphatic rings. The van der Waals surface area contributed by atoms with Crippen molar-refractivity contribution >= 4 is 0 Å². The maximum Gasteiger partial charge on any atom is 0.0471 e. The number of likely N-dealkylation sites (tertiary alicyclic amines) is 1. The Kier molecular flexibility index (Phi) is 3.87. The summed E-state index contributed by atoms with van der Waals surface area (Å²) >= 11 is 0. The van der Waals surface area contributed by atoms with Crippen LogP contribution >= 0.6 is 0 Å². The summed E-state index contributed by atoms with van der Waals surface area (Å²) in [5.41, 5.74) is 6.48. The molecule has 1 aliphatic carbocycles. The van der Waals surface area contributed by atoms with Gasteiger partial charge in [-0.25, -0.2) is 0 Å². The van der Waals surface area contributed by atoms with Gasteiger partial charge in [0.2, 0.25) is 0 Å². The minimum atomic E-state index is 0.283. The van der Waals surface area contributed by atoms with E-state index in [2.05, 4.69) is 28.5 Å². The molecule has 2 aliphatic heterocycles. The van der Waals surface area contributed by atoms with Crippen molar-refractivity contribution in [2.45, 2.75) is 50.7 Å². The lowest BCUT2D eigenvalue weighted by molar-refractivity contribution is 0.0298. The maximum absolute atomic E-state index is 6.19. The first kappa shape index (κ1) is 13.8. The molecule has 0 aromatic carbocycles. The zero-order chi connectivity index (χ0) is 13.5. The van der Waals surface area contributed by atoms with Gasteiger partial charge in [0.15, 0.2) is 0 Å². The van der Waals surface area contributed by atoms with Crippen LogP contribution in [0.4, 0.5) is 0 Å². The molecule has 3 rings (SSSR count). The molecule has 4 nitrogen and oxygen atoms in total. The molecule has 1 saturated carbocycles. The van der Waals surface area contributed by atoms with E-state index in [-0.39, 0.29) is 5.54 Å². The van der Waals surface area contributed by atoms with Gasteiger partial charge in [-0.2, -0.15) is 0 Å². The smallest absolute Gasteiger partial charge is 0.0471 e. The molecular formula is C15H30N4. The Labute approximate surface area is 117 Å². The van der Waals surface area contributed by atoms with Crippen molar-refractivity contribution in [1.82, 2.24) is 14.7 Å². The molecule has 4 heteroatoms. The summed E-state index contributed by atoms with van der Waals surface area (Å²) in [6.07, 6.45) is 4.12. The first-order valence-electron chi connectivity index (χ1n) is 8.08. The molecule has 19 heavy (non-hydrogen) atoms. The molecule has 2 saturated heterocycles. The Morgan fingerprint density at radius 1 is 1.11 bits per heavy atom. The molecule has 0 aromatic rings. The third-order valence-corrected chi connectivity index (χ3v) is 5.52. The van der Waals surface area contributed by atoms with Crippen LogP contribution < -0.4 is 5.73 Å². The van der Waals surface area contributed by atoms with Gasteiger partial charge in [-0.05, 0) is 33.1 Å². The minimum Gasteiger partial charge on any atom is -0.329 e. The lowest BCUT2D eigenvalue weighted by Crippen LogP contribution is -2.62. The highest BCUT2D eigenvalue weighted by Crippen LogP contribution is 2.36. The van der Waals surface area contributed by atoms with Crippen LogP contribution in [0, 0.1) is 0 Å². The first-order valence-corrected chi connectivity index (χ1v) is 8.08. The highest BCUT2D eigenvalue weighted by atomic mass is 15.4. The van der Waals surface area contributed by atoms with E-state index in [9.17, 15) is 0 Å². The fourth-order valence-electron chi connectivity index (χ4n) is 3.91. The minimum absolute atomic E-state index is 0.283. The van der Waals surface area contributed by atoms with E-state index in [1.54, 1.807) is 0 Å². The summed E-state index contributed by atoms with van der Waals surface area (Å²) in [5.74, 6) is 0. The van der Waals surface area contributed by atoms with Crippen LogP contribution in [-0.2, 0) is 0 Å². The van der Waals surface area contributed by atoms with E-state index < -0.39 is 0 Å². The van der Waals surface area contributed by atoms with E-state index in [1.807, 2.05) is 0 Å². The molecule has 0 amide bonds. The standard InChI is InChI=1S/C15H30N4/c1-13(2)17-7-9-19(10-8-17)15(11-16)5-6-18(12-15)14-3-4-14/h13-14H,3-12,16H2,1-2H3. The van der Waals surface area contributed by atoms with E-state index in [0.717, 1.165) is 12.6 Å². The van der Waals surface area contributed by atoms with Gasteiger partial charge in [-0.15, -0.1) is 0 Å². The quantitative estimate of drug-likeness (QED) is 0.807. The molecule has 1 unspecified atom stereocenters. The second kappa shape index (κ2) is 5.32. The molecule has 110 valence electrons. The first-order chi connectivity index (χ1) is 9.14. The van der Waals surface area contributed by atoms with Gasteiger partial charge in [-0.3, -0.25) is 14.7 Å². The van der Waals surface area contributed by atoms with Crippen LogP contribution in [0.1, 0.15) is 33.1 Å². The van der Waals surface area contributed by atoms with Crippen LogP contribution in [0.15, 0.2) is 0 Å². The van der Waals surface area contributed by atoms with Crippen molar-refractivity contribution in [3.05, 3.63) is 0 Å². The summed E-state index contributed by atoms with van der Waals surface area (Å²) in [5, 5.41) is 0. The Bertz CT molecular complexity index is 307. The van der Waals surface area contributed by atoms with Crippen molar-refractivity contribution < 1.29 is 0 Å². The van der Waals surface area contributed by atoms with Crippen LogP contribution in [0.2, 0.25) is 0 Å². The highest BCUT2D eigenvalue weighted by Gasteiger charge is 2.46. The third kappa shape index (κ3) is 2.68. The summed E-state index contributed by atoms with van der Waals surface area (Å²) in [6, 6.07) is 1.58. The zero-order valence-electron chi connectivity index (χ0n) is 12.6. The van der Waals surface area contributed by atoms with Crippen molar-refractivity contribution in [2.75, 3.05) is 45.8 Å². The lowest BCUT2D eigenvalue weighted by atomic mass is 9.95. The Morgan fingerprint density at radius 2 is 1.79 bits per heavy atom. The Morgan fingerprint density at radius 3 is 2.32 bits per heavy atom. The van der Waals surface area contributed by atoms with Gasteiger partial charge in [0.1, 0.15) is 0 Å². The molecule has 2 N–H and O–H groups in total. The average Bonchev–Trinajstić information content (AvgIpc) is 3.19. The third-order valence-electron chi connectivity index (χ3n) is 5.52. The topological polar surface area (TPSA) is 35.7 Å². The Hall–Kier alpha value is -0.160. The van der Waals surface area contributed by atoms with Crippen molar-refractivity contribution in [3.63, 3.8) is 0 Å². The van der Waals surface area contributed by atoms with Crippen LogP contribution in [0.3, 0.4) is 0 Å². The fraction of sp³-hybridized carbons (Fsp3) is 1.00. The largest absolute Gasteiger partial charge is 0.329 e. The molecule has 2 heterocycles. The molecule has 0 aromatic heterocycles. The summed E-state index contributed by atoms with van der Waals surface area (Å²) in [7, 11) is 0. The summed E-state index contributed by atoms with van der Waals surface area (Å²) in [4.78, 5) is 7.99. The van der Waals surface area contributed by atoms with E-state index in [0.29, 0.717) is 6.04 Å². The van der Waals surface area contributed by atoms with E-state index in [4.69, 9.17) is 5.73 Å². The molecular weight excluding hydrogens is 236 g/mol. The molecule has 0 bridgehead atoms. The predicted octanol–water partition coefficient (Wildman–Crippen LogP) is 0.578. The summed E-state index contributed by atoms with van der Waals surface area (Å²) in [6.45, 7) is 12.8. The number of nitrogens with two attached hydrogens (primary N) is 1. The van der Waals surface area contributed by atoms with Crippen molar-refractivity contribution in [2.24, 2.45) is 5.73 Å². The zero-order valence-corrected chi connectivity index (χ0v) is 12.6. The molecule has 1 atom stereocenters. The lowest BCUT2D eigenvalue weighted by Gasteiger charge is -2.46. The highest BCUT2D eigenvalue weighted by molar-refractivity contribution is 5.04. The number of hydrogen-bond donors (Lipinski definition) is 1. The van der Waals surface area contributed by atoms with E-state index in [1.165, 1.54) is 58.5 Å². The van der Waals surface area contributed by atoms with Gasteiger partial charge >= 0.3 is 0 Å². The van der Waals surface area contributed by atoms with Crippen LogP contribution in [0.25, 0.3) is 0 Å². The van der Waals surface area contributed by atoms with Gasteiger partial charge < -0.3 is 5.73 Å². The van der Waals surface area contributed by atoms with Gasteiger partial charge in [0.05, 0.1) is 0 Å². The number of piperazine rings is 1. The SMILES string of the molecule is CC(C)N1CCN(C2(CN)CCN(C3CC3)C2)CC1. The monoisotopic (exact) mass is 266 g/mol. The van der Waals surface area contributed by atoms with Gasteiger partial charge in [0.25, 0.3) is 0 Å². The molecule has 0 radical (unpaired) electrons. The average molecular weight is 266 g/mol. The van der Waals surface area contributed by atoms with Gasteiger partial charge in [-0.1, -0.05) is 0 Å². The normalized spacial score (nSPS) is 35.4. The molecule has 0 spiro atoms.